The molecule has 1 saturated heterocycles. The van der Waals surface area contributed by atoms with Crippen molar-refractivity contribution >= 4 is 23.2 Å². The van der Waals surface area contributed by atoms with Crippen molar-refractivity contribution in [2.45, 2.75) is 12.8 Å². The van der Waals surface area contributed by atoms with Gasteiger partial charge < -0.3 is 10.6 Å². The van der Waals surface area contributed by atoms with Gasteiger partial charge in [-0.2, -0.15) is 0 Å². The van der Waals surface area contributed by atoms with Gasteiger partial charge in [-0.1, -0.05) is 12.1 Å². The number of nitrogens with zero attached hydrogens (tertiary/aromatic N) is 2. The van der Waals surface area contributed by atoms with Gasteiger partial charge in [-0.3, -0.25) is 9.69 Å². The molecule has 2 aromatic rings. The Morgan fingerprint density at radius 1 is 1.04 bits per heavy atom. The monoisotopic (exact) mass is 391 g/mol. The Balaban J connectivity index is 1.95. The van der Waals surface area contributed by atoms with Crippen LogP contribution in [0.25, 0.3) is 0 Å². The number of amides is 2. The van der Waals surface area contributed by atoms with Crippen LogP contribution in [0.2, 0.25) is 0 Å². The largest absolute Gasteiger partial charge is 0.351 e. The van der Waals surface area contributed by atoms with E-state index in [1.807, 2.05) is 7.05 Å². The molecule has 148 valence electrons. The summed E-state index contributed by atoms with van der Waals surface area (Å²) < 4.78 is 41.0. The van der Waals surface area contributed by atoms with Crippen LogP contribution >= 0.6 is 0 Å². The second-order valence-electron chi connectivity index (χ2n) is 6.88. The molecule has 28 heavy (non-hydrogen) atoms. The first kappa shape index (κ1) is 19.9. The highest BCUT2D eigenvalue weighted by Gasteiger charge is 2.26. The normalized spacial score (nSPS) is 15.4. The lowest BCUT2D eigenvalue weighted by Crippen LogP contribution is -2.34. The van der Waals surface area contributed by atoms with Crippen molar-refractivity contribution < 1.29 is 22.8 Å². The van der Waals surface area contributed by atoms with Gasteiger partial charge in [0.05, 0.1) is 11.4 Å². The fourth-order valence-electron chi connectivity index (χ4n) is 3.37. The number of likely N-dealkylation sites (tertiary alicyclic amines) is 1. The molecule has 0 spiro atoms. The zero-order valence-electron chi connectivity index (χ0n) is 15.3. The molecule has 0 unspecified atom stereocenters. The molecule has 0 aliphatic carbocycles. The van der Waals surface area contributed by atoms with Crippen molar-refractivity contribution in [3.63, 3.8) is 0 Å². The molecule has 3 rings (SSSR count). The van der Waals surface area contributed by atoms with E-state index in [0.29, 0.717) is 22.6 Å². The number of hydrogen-bond acceptors (Lipinski definition) is 3. The number of primary amides is 1. The van der Waals surface area contributed by atoms with Crippen molar-refractivity contribution in [2.24, 2.45) is 11.7 Å². The number of carbonyl (C=O) groups is 2. The fraction of sp³-hybridized carbons (Fsp3) is 0.300. The van der Waals surface area contributed by atoms with E-state index in [1.54, 1.807) is 6.07 Å². The van der Waals surface area contributed by atoms with E-state index >= 15 is 0 Å². The number of carbonyl (C=O) groups excluding carboxylic acids is 2. The summed E-state index contributed by atoms with van der Waals surface area (Å²) in [7, 11) is 1.99. The Labute approximate surface area is 160 Å². The molecule has 1 aliphatic rings. The molecule has 1 fully saturated rings. The molecule has 0 aromatic heterocycles. The molecule has 2 N–H and O–H groups in total. The number of urea groups is 1. The number of benzene rings is 2. The van der Waals surface area contributed by atoms with Gasteiger partial charge in [-0.25, -0.2) is 18.0 Å². The molecule has 0 atom stereocenters. The number of hydrogen-bond donors (Lipinski definition) is 1. The number of rotatable bonds is 4. The Hall–Kier alpha value is -2.87. The number of halogens is 3. The van der Waals surface area contributed by atoms with E-state index < -0.39 is 29.2 Å². The molecule has 0 saturated carbocycles. The quantitative estimate of drug-likeness (QED) is 0.636. The number of nitrogens with two attached hydrogens (primary N) is 1. The van der Waals surface area contributed by atoms with Gasteiger partial charge in [0.15, 0.2) is 17.4 Å². The van der Waals surface area contributed by atoms with Gasteiger partial charge in [0.2, 0.25) is 0 Å². The number of ketones is 1. The highest BCUT2D eigenvalue weighted by atomic mass is 19.2. The van der Waals surface area contributed by atoms with Crippen molar-refractivity contribution in [3.05, 3.63) is 59.4 Å². The highest BCUT2D eigenvalue weighted by Crippen LogP contribution is 2.31. The van der Waals surface area contributed by atoms with Crippen LogP contribution in [0.1, 0.15) is 23.2 Å². The maximum Gasteiger partial charge on any atom is 0.323 e. The van der Waals surface area contributed by atoms with Gasteiger partial charge in [-0.05, 0) is 45.1 Å². The summed E-state index contributed by atoms with van der Waals surface area (Å²) in [4.78, 5) is 27.6. The smallest absolute Gasteiger partial charge is 0.323 e. The minimum Gasteiger partial charge on any atom is -0.351 e. The Morgan fingerprint density at radius 2 is 1.68 bits per heavy atom. The van der Waals surface area contributed by atoms with Crippen molar-refractivity contribution in [3.8, 4) is 0 Å². The lowest BCUT2D eigenvalue weighted by Gasteiger charge is -2.28. The van der Waals surface area contributed by atoms with E-state index in [1.165, 1.54) is 18.2 Å². The van der Waals surface area contributed by atoms with Crippen LogP contribution in [-0.4, -0.2) is 36.9 Å². The van der Waals surface area contributed by atoms with Gasteiger partial charge in [0.25, 0.3) is 0 Å². The predicted octanol–water partition coefficient (Wildman–Crippen LogP) is 3.85. The third kappa shape index (κ3) is 4.01. The first-order valence-electron chi connectivity index (χ1n) is 8.85. The van der Waals surface area contributed by atoms with Gasteiger partial charge >= 0.3 is 6.03 Å². The first-order chi connectivity index (χ1) is 13.3. The summed E-state index contributed by atoms with van der Waals surface area (Å²) >= 11 is 0. The van der Waals surface area contributed by atoms with Crippen LogP contribution in [0.5, 0.6) is 0 Å². The predicted molar refractivity (Wildman–Crippen MR) is 99.0 cm³/mol. The Kier molecular flexibility index (Phi) is 5.69. The maximum absolute atomic E-state index is 14.2. The van der Waals surface area contributed by atoms with Crippen LogP contribution in [0.4, 0.5) is 29.3 Å². The molecule has 2 aromatic carbocycles. The van der Waals surface area contributed by atoms with Crippen molar-refractivity contribution in [2.75, 3.05) is 25.0 Å². The summed E-state index contributed by atoms with van der Waals surface area (Å²) in [5.74, 6) is -4.07. The Morgan fingerprint density at radius 3 is 2.32 bits per heavy atom. The van der Waals surface area contributed by atoms with Gasteiger partial charge in [-0.15, -0.1) is 0 Å². The van der Waals surface area contributed by atoms with Crippen LogP contribution in [0, 0.1) is 23.4 Å². The number of anilines is 2. The summed E-state index contributed by atoms with van der Waals surface area (Å²) in [6.45, 7) is 1.62. The maximum atomic E-state index is 14.2. The summed E-state index contributed by atoms with van der Waals surface area (Å²) in [6, 6.07) is 5.79. The summed E-state index contributed by atoms with van der Waals surface area (Å²) in [5.41, 5.74) is 5.27. The second-order valence-corrected chi connectivity index (χ2v) is 6.88. The number of Topliss-reactive ketones (excluding diaryl/α,β-unsaturated/α-hetero) is 1. The van der Waals surface area contributed by atoms with E-state index in [4.69, 9.17) is 5.73 Å². The van der Waals surface area contributed by atoms with Crippen molar-refractivity contribution in [1.29, 1.82) is 0 Å². The first-order valence-corrected chi connectivity index (χ1v) is 8.85. The molecule has 0 bridgehead atoms. The minimum atomic E-state index is -1.38. The molecule has 8 heteroatoms. The lowest BCUT2D eigenvalue weighted by atomic mass is 9.89. The van der Waals surface area contributed by atoms with Crippen LogP contribution in [0.15, 0.2) is 36.4 Å². The van der Waals surface area contributed by atoms with Crippen LogP contribution < -0.4 is 10.6 Å². The zero-order valence-corrected chi connectivity index (χ0v) is 15.3. The fourth-order valence-corrected chi connectivity index (χ4v) is 3.37. The van der Waals surface area contributed by atoms with Crippen LogP contribution in [-0.2, 0) is 0 Å². The average molecular weight is 391 g/mol. The standard InChI is InChI=1S/C20H20F3N3O2/c1-25-7-5-12(6-8-25)19(27)13-3-2-4-14(9-13)26(20(24)28)18-11-16(22)15(21)10-17(18)23/h2-4,9-12H,5-8H2,1H3,(H2,24,28). The summed E-state index contributed by atoms with van der Waals surface area (Å²) in [5, 5.41) is 0. The van der Waals surface area contributed by atoms with E-state index in [2.05, 4.69) is 4.90 Å². The molecular weight excluding hydrogens is 371 g/mol. The number of piperidine rings is 1. The Bertz CT molecular complexity index is 912. The lowest BCUT2D eigenvalue weighted by molar-refractivity contribution is 0.0857. The SMILES string of the molecule is CN1CCC(C(=O)c2cccc(N(C(N)=O)c3cc(F)c(F)cc3F)c2)CC1. The molecule has 5 nitrogen and oxygen atoms in total. The topological polar surface area (TPSA) is 66.6 Å². The molecule has 1 heterocycles. The molecule has 0 radical (unpaired) electrons. The van der Waals surface area contributed by atoms with Gasteiger partial charge in [0, 0.05) is 23.6 Å². The summed E-state index contributed by atoms with van der Waals surface area (Å²) in [6.07, 6.45) is 1.44. The average Bonchev–Trinajstić information content (AvgIpc) is 2.66. The highest BCUT2D eigenvalue weighted by molar-refractivity contribution is 6.02. The zero-order chi connectivity index (χ0) is 20.4. The third-order valence-corrected chi connectivity index (χ3v) is 4.93. The van der Waals surface area contributed by atoms with Gasteiger partial charge in [0.1, 0.15) is 5.82 Å². The van der Waals surface area contributed by atoms with E-state index in [-0.39, 0.29) is 17.4 Å². The molecule has 2 amide bonds. The molecule has 1 aliphatic heterocycles. The molecular formula is C20H20F3N3O2. The van der Waals surface area contributed by atoms with Crippen molar-refractivity contribution in [1.82, 2.24) is 4.90 Å². The van der Waals surface area contributed by atoms with E-state index in [0.717, 1.165) is 25.9 Å². The van der Waals surface area contributed by atoms with E-state index in [9.17, 15) is 22.8 Å². The third-order valence-electron chi connectivity index (χ3n) is 4.93. The van der Waals surface area contributed by atoms with Crippen LogP contribution in [0.3, 0.4) is 0 Å². The minimum absolute atomic E-state index is 0.0786. The second kappa shape index (κ2) is 8.02.